The second-order valence-corrected chi connectivity index (χ2v) is 8.32. The predicted octanol–water partition coefficient (Wildman–Crippen LogP) is 3.86. The number of ether oxygens (including phenoxy) is 1. The van der Waals surface area contributed by atoms with E-state index in [4.69, 9.17) is 14.9 Å². The lowest BCUT2D eigenvalue weighted by Gasteiger charge is -2.23. The Bertz CT molecular complexity index is 1260. The quantitative estimate of drug-likeness (QED) is 0.479. The summed E-state index contributed by atoms with van der Waals surface area (Å²) in [5.41, 5.74) is 4.00. The number of benzene rings is 1. The van der Waals surface area contributed by atoms with Crippen LogP contribution in [-0.2, 0) is 12.8 Å². The molecule has 1 aliphatic rings. The number of likely N-dealkylation sites (tertiary alicyclic amines) is 1. The van der Waals surface area contributed by atoms with Crippen LogP contribution >= 0.6 is 0 Å². The number of carbonyl (C=O) groups excluding carboxylic acids is 1. The molecule has 0 aliphatic carbocycles. The summed E-state index contributed by atoms with van der Waals surface area (Å²) >= 11 is 0. The van der Waals surface area contributed by atoms with Crippen LogP contribution in [0.5, 0.6) is 5.75 Å². The summed E-state index contributed by atoms with van der Waals surface area (Å²) in [6, 6.07) is 5.19. The molecule has 1 saturated heterocycles. The van der Waals surface area contributed by atoms with Crippen molar-refractivity contribution < 1.29 is 41.0 Å². The molecule has 1 amide bonds. The van der Waals surface area contributed by atoms with Crippen molar-refractivity contribution in [2.24, 2.45) is 5.73 Å². The number of aromatic nitrogens is 1. The number of nitrogens with zero attached hydrogens (tertiary/aromatic N) is 2. The van der Waals surface area contributed by atoms with Crippen LogP contribution in [0.3, 0.4) is 0 Å². The summed E-state index contributed by atoms with van der Waals surface area (Å²) in [5, 5.41) is 9.25. The number of aliphatic hydroxyl groups is 1. The first-order valence-electron chi connectivity index (χ1n) is 10.6. The monoisotopic (exact) mass is 499 g/mol. The van der Waals surface area contributed by atoms with Gasteiger partial charge in [-0.05, 0) is 25.1 Å². The number of β-amino-alcohol motifs (C(OH)–C–C–N with tert-alkyl or cyclic N) is 1. The Labute approximate surface area is 196 Å². The highest BCUT2D eigenvalue weighted by Gasteiger charge is 2.50. The summed E-state index contributed by atoms with van der Waals surface area (Å²) in [6.07, 6.45) is -3.75. The van der Waals surface area contributed by atoms with Crippen LogP contribution in [0, 0.1) is 6.92 Å². The molecule has 1 aromatic carbocycles. The molecule has 0 spiro atoms. The minimum atomic E-state index is -4.74. The highest BCUT2D eigenvalue weighted by atomic mass is 19.4. The number of halogens is 5. The van der Waals surface area contributed by atoms with Crippen LogP contribution in [-0.4, -0.2) is 53.1 Å². The van der Waals surface area contributed by atoms with E-state index in [1.54, 1.807) is 0 Å². The SMILES string of the molecule is Cc1oc2ccc(OCc3cccnc3C(F)(F)F)c(C3CN(CCO)CC3(F)F)c2c1C(N)=O. The lowest BCUT2D eigenvalue weighted by atomic mass is 9.89. The number of primary amides is 1. The van der Waals surface area contributed by atoms with Gasteiger partial charge in [0.05, 0.1) is 24.6 Å². The molecule has 0 saturated carbocycles. The second kappa shape index (κ2) is 9.08. The van der Waals surface area contributed by atoms with Gasteiger partial charge in [-0.2, -0.15) is 13.2 Å². The van der Waals surface area contributed by atoms with Gasteiger partial charge < -0.3 is 20.0 Å². The minimum absolute atomic E-state index is 0.00399. The van der Waals surface area contributed by atoms with Crippen molar-refractivity contribution in [1.82, 2.24) is 9.88 Å². The van der Waals surface area contributed by atoms with Gasteiger partial charge in [-0.1, -0.05) is 6.07 Å². The van der Waals surface area contributed by atoms with E-state index >= 15 is 8.78 Å². The van der Waals surface area contributed by atoms with E-state index in [9.17, 15) is 23.1 Å². The van der Waals surface area contributed by atoms with E-state index in [2.05, 4.69) is 4.98 Å². The molecular weight excluding hydrogens is 477 g/mol. The molecule has 188 valence electrons. The zero-order valence-electron chi connectivity index (χ0n) is 18.5. The number of furan rings is 1. The van der Waals surface area contributed by atoms with Gasteiger partial charge in [-0.3, -0.25) is 14.7 Å². The Balaban J connectivity index is 1.85. The number of aliphatic hydroxyl groups excluding tert-OH is 1. The Morgan fingerprint density at radius 3 is 2.74 bits per heavy atom. The molecule has 35 heavy (non-hydrogen) atoms. The fraction of sp³-hybridized carbons (Fsp3) is 0.391. The fourth-order valence-electron chi connectivity index (χ4n) is 4.53. The van der Waals surface area contributed by atoms with Gasteiger partial charge in [0, 0.05) is 35.8 Å². The molecule has 0 bridgehead atoms. The normalized spacial score (nSPS) is 18.3. The highest BCUT2D eigenvalue weighted by molar-refractivity contribution is 6.08. The summed E-state index contributed by atoms with van der Waals surface area (Å²) in [5.74, 6) is -5.72. The van der Waals surface area contributed by atoms with Crippen LogP contribution in [0.2, 0.25) is 0 Å². The maximum atomic E-state index is 15.2. The van der Waals surface area contributed by atoms with Crippen molar-refractivity contribution in [1.29, 1.82) is 0 Å². The third-order valence-electron chi connectivity index (χ3n) is 5.97. The number of nitrogens with two attached hydrogens (primary N) is 1. The first-order valence-corrected chi connectivity index (χ1v) is 10.6. The van der Waals surface area contributed by atoms with Crippen molar-refractivity contribution >= 4 is 16.9 Å². The van der Waals surface area contributed by atoms with Gasteiger partial charge >= 0.3 is 6.18 Å². The minimum Gasteiger partial charge on any atom is -0.489 e. The number of rotatable bonds is 7. The molecule has 0 radical (unpaired) electrons. The molecule has 12 heteroatoms. The molecule has 1 aliphatic heterocycles. The molecule has 3 N–H and O–H groups in total. The van der Waals surface area contributed by atoms with Crippen LogP contribution < -0.4 is 10.5 Å². The first-order chi connectivity index (χ1) is 16.4. The van der Waals surface area contributed by atoms with Gasteiger partial charge in [0.2, 0.25) is 0 Å². The van der Waals surface area contributed by atoms with E-state index < -0.39 is 42.8 Å². The average Bonchev–Trinajstić information content (AvgIpc) is 3.26. The number of fused-ring (bicyclic) bond motifs is 1. The lowest BCUT2D eigenvalue weighted by Crippen LogP contribution is -2.28. The Morgan fingerprint density at radius 1 is 1.34 bits per heavy atom. The van der Waals surface area contributed by atoms with Gasteiger partial charge in [0.15, 0.2) is 5.69 Å². The number of carbonyl (C=O) groups is 1. The maximum absolute atomic E-state index is 15.2. The maximum Gasteiger partial charge on any atom is 0.433 e. The van der Waals surface area contributed by atoms with Crippen LogP contribution in [0.25, 0.3) is 11.0 Å². The zero-order valence-corrected chi connectivity index (χ0v) is 18.5. The molecule has 1 unspecified atom stereocenters. The fourth-order valence-corrected chi connectivity index (χ4v) is 4.53. The summed E-state index contributed by atoms with van der Waals surface area (Å²) in [6.45, 7) is -0.336. The van der Waals surface area contributed by atoms with Crippen molar-refractivity contribution in [3.05, 3.63) is 58.6 Å². The van der Waals surface area contributed by atoms with Gasteiger partial charge in [0.1, 0.15) is 23.7 Å². The van der Waals surface area contributed by atoms with Crippen LogP contribution in [0.1, 0.15) is 38.9 Å². The van der Waals surface area contributed by atoms with Crippen LogP contribution in [0.15, 0.2) is 34.9 Å². The molecule has 1 atom stereocenters. The number of aryl methyl sites for hydroxylation is 1. The number of hydrogen-bond acceptors (Lipinski definition) is 6. The van der Waals surface area contributed by atoms with E-state index in [1.807, 2.05) is 0 Å². The Morgan fingerprint density at radius 2 is 2.09 bits per heavy atom. The van der Waals surface area contributed by atoms with Crippen molar-refractivity contribution in [3.63, 3.8) is 0 Å². The predicted molar refractivity (Wildman–Crippen MR) is 114 cm³/mol. The molecule has 3 aromatic rings. The van der Waals surface area contributed by atoms with Crippen LogP contribution in [0.4, 0.5) is 22.0 Å². The van der Waals surface area contributed by atoms with Crippen molar-refractivity contribution in [2.45, 2.75) is 31.5 Å². The second-order valence-electron chi connectivity index (χ2n) is 8.32. The summed E-state index contributed by atoms with van der Waals surface area (Å²) in [7, 11) is 0. The van der Waals surface area contributed by atoms with E-state index in [1.165, 1.54) is 36.1 Å². The smallest absolute Gasteiger partial charge is 0.433 e. The largest absolute Gasteiger partial charge is 0.489 e. The molecule has 1 fully saturated rings. The average molecular weight is 499 g/mol. The van der Waals surface area contributed by atoms with Gasteiger partial charge in [-0.25, -0.2) is 8.78 Å². The lowest BCUT2D eigenvalue weighted by molar-refractivity contribution is -0.142. The third-order valence-corrected chi connectivity index (χ3v) is 5.97. The number of hydrogen-bond donors (Lipinski definition) is 2. The third kappa shape index (κ3) is 4.67. The van der Waals surface area contributed by atoms with Gasteiger partial charge in [-0.15, -0.1) is 0 Å². The van der Waals surface area contributed by atoms with Gasteiger partial charge in [0.25, 0.3) is 11.8 Å². The van der Waals surface area contributed by atoms with Crippen molar-refractivity contribution in [3.8, 4) is 5.75 Å². The Hall–Kier alpha value is -3.25. The Kier molecular flexibility index (Phi) is 6.45. The van der Waals surface area contributed by atoms with E-state index in [0.717, 1.165) is 6.20 Å². The first kappa shape index (κ1) is 24.9. The standard InChI is InChI=1S/C23H22F5N3O4/c1-12-17(21(29)33)19-16(35-12)5-4-15(18(19)14-9-31(7-8-32)11-22(14,24)25)34-10-13-3-2-6-30-20(13)23(26,27)28/h2-6,14,32H,7-11H2,1H3,(H2,29,33). The number of pyridine rings is 1. The zero-order chi connectivity index (χ0) is 25.5. The summed E-state index contributed by atoms with van der Waals surface area (Å²) in [4.78, 5) is 16.9. The van der Waals surface area contributed by atoms with Crippen molar-refractivity contribution in [2.75, 3.05) is 26.2 Å². The molecule has 3 heterocycles. The molecule has 2 aromatic heterocycles. The topological polar surface area (TPSA) is 102 Å². The molecular formula is C23H22F5N3O4. The molecule has 4 rings (SSSR count). The summed E-state index contributed by atoms with van der Waals surface area (Å²) < 4.78 is 81.8. The highest BCUT2D eigenvalue weighted by Crippen LogP contribution is 2.48. The molecule has 7 nitrogen and oxygen atoms in total. The van der Waals surface area contributed by atoms with E-state index in [-0.39, 0.29) is 58.9 Å². The van der Waals surface area contributed by atoms with E-state index in [0.29, 0.717) is 0 Å². The number of alkyl halides is 5. The number of amides is 1.